The Morgan fingerprint density at radius 3 is 2.83 bits per heavy atom. The van der Waals surface area contributed by atoms with Crippen LogP contribution in [0.1, 0.15) is 10.6 Å². The van der Waals surface area contributed by atoms with Crippen molar-refractivity contribution in [2.24, 2.45) is 0 Å². The minimum Gasteiger partial charge on any atom is -0.297 e. The van der Waals surface area contributed by atoms with Crippen LogP contribution in [0.4, 0.5) is 5.13 Å². The summed E-state index contributed by atoms with van der Waals surface area (Å²) in [7, 11) is 0. The molecule has 2 rings (SSSR count). The Bertz CT molecular complexity index is 595. The minimum absolute atomic E-state index is 0.220. The van der Waals surface area contributed by atoms with Gasteiger partial charge in [-0.2, -0.15) is 0 Å². The van der Waals surface area contributed by atoms with Crippen molar-refractivity contribution >= 4 is 44.4 Å². The summed E-state index contributed by atoms with van der Waals surface area (Å²) in [6.45, 7) is 1.84. The quantitative estimate of drug-likeness (QED) is 0.882. The number of aryl methyl sites for hydroxylation is 1. The first-order valence-corrected chi connectivity index (χ1v) is 6.80. The Hall–Kier alpha value is -1.53. The fraction of sp³-hybridized carbons (Fsp3) is 0.0833. The van der Waals surface area contributed by atoms with E-state index >= 15 is 0 Å². The van der Waals surface area contributed by atoms with E-state index in [0.717, 1.165) is 15.0 Å². The first kappa shape index (κ1) is 12.9. The average Bonchev–Trinajstić information content (AvgIpc) is 2.74. The number of carbonyl (C=O) groups excluding carboxylic acids is 1. The Balaban J connectivity index is 2.01. The van der Waals surface area contributed by atoms with Gasteiger partial charge in [-0.1, -0.05) is 45.5 Å². The Morgan fingerprint density at radius 1 is 1.39 bits per heavy atom. The second-order valence-corrected chi connectivity index (χ2v) is 5.51. The van der Waals surface area contributed by atoms with Gasteiger partial charge in [0, 0.05) is 10.5 Å². The second-order valence-electron chi connectivity index (χ2n) is 3.47. The summed E-state index contributed by atoms with van der Waals surface area (Å²) in [6, 6.07) is 7.68. The number of anilines is 1. The molecule has 0 unspecified atom stereocenters. The van der Waals surface area contributed by atoms with Crippen LogP contribution in [0.15, 0.2) is 34.8 Å². The van der Waals surface area contributed by atoms with Gasteiger partial charge in [0.15, 0.2) is 0 Å². The molecule has 1 aromatic heterocycles. The molecular formula is C12H10BrN3OS. The number of hydrogen-bond donors (Lipinski definition) is 1. The topological polar surface area (TPSA) is 54.9 Å². The van der Waals surface area contributed by atoms with Crippen LogP contribution in [0, 0.1) is 6.92 Å². The van der Waals surface area contributed by atoms with E-state index in [1.54, 1.807) is 6.08 Å². The third-order valence-electron chi connectivity index (χ3n) is 2.08. The molecule has 0 bridgehead atoms. The lowest BCUT2D eigenvalue weighted by Crippen LogP contribution is -2.07. The molecule has 18 heavy (non-hydrogen) atoms. The van der Waals surface area contributed by atoms with Crippen molar-refractivity contribution in [3.63, 3.8) is 0 Å². The lowest BCUT2D eigenvalue weighted by Gasteiger charge is -1.97. The van der Waals surface area contributed by atoms with Gasteiger partial charge >= 0.3 is 0 Å². The molecule has 1 N–H and O–H groups in total. The van der Waals surface area contributed by atoms with E-state index in [1.807, 2.05) is 31.2 Å². The van der Waals surface area contributed by atoms with E-state index in [-0.39, 0.29) is 5.91 Å². The molecule has 1 heterocycles. The van der Waals surface area contributed by atoms with Crippen molar-refractivity contribution in [1.82, 2.24) is 10.2 Å². The summed E-state index contributed by atoms with van der Waals surface area (Å²) in [5.74, 6) is -0.220. The highest BCUT2D eigenvalue weighted by Crippen LogP contribution is 2.17. The molecule has 0 saturated heterocycles. The number of nitrogens with zero attached hydrogens (tertiary/aromatic N) is 2. The summed E-state index contributed by atoms with van der Waals surface area (Å²) >= 11 is 4.76. The van der Waals surface area contributed by atoms with Crippen molar-refractivity contribution < 1.29 is 4.79 Å². The van der Waals surface area contributed by atoms with Crippen molar-refractivity contribution in [3.8, 4) is 0 Å². The number of amides is 1. The standard InChI is InChI=1S/C12H10BrN3OS/c1-8-15-16-12(18-8)14-11(17)7-6-9-4-2-3-5-10(9)13/h2-7H,1H3,(H,14,16,17)/b7-6+. The number of halogens is 1. The van der Waals surface area contributed by atoms with Crippen molar-refractivity contribution in [2.75, 3.05) is 5.32 Å². The third-order valence-corrected chi connectivity index (χ3v) is 3.55. The summed E-state index contributed by atoms with van der Waals surface area (Å²) in [5, 5.41) is 11.6. The van der Waals surface area contributed by atoms with Crippen LogP contribution in [0.25, 0.3) is 6.08 Å². The number of carbonyl (C=O) groups is 1. The molecule has 1 amide bonds. The van der Waals surface area contributed by atoms with Crippen molar-refractivity contribution in [1.29, 1.82) is 0 Å². The highest BCUT2D eigenvalue weighted by molar-refractivity contribution is 9.10. The Labute approximate surface area is 117 Å². The van der Waals surface area contributed by atoms with Gasteiger partial charge in [0.2, 0.25) is 11.0 Å². The molecule has 0 aliphatic heterocycles. The number of rotatable bonds is 3. The normalized spacial score (nSPS) is 10.8. The lowest BCUT2D eigenvalue weighted by molar-refractivity contribution is -0.111. The van der Waals surface area contributed by atoms with Crippen LogP contribution in [0.2, 0.25) is 0 Å². The molecule has 6 heteroatoms. The third kappa shape index (κ3) is 3.48. The fourth-order valence-corrected chi connectivity index (χ4v) is 2.28. The molecule has 0 atom stereocenters. The zero-order chi connectivity index (χ0) is 13.0. The van der Waals surface area contributed by atoms with Gasteiger partial charge in [-0.25, -0.2) is 0 Å². The van der Waals surface area contributed by atoms with Crippen LogP contribution in [0.5, 0.6) is 0 Å². The maximum absolute atomic E-state index is 11.6. The largest absolute Gasteiger partial charge is 0.297 e. The van der Waals surface area contributed by atoms with Crippen LogP contribution in [0.3, 0.4) is 0 Å². The molecule has 0 aliphatic rings. The number of aromatic nitrogens is 2. The molecule has 0 saturated carbocycles. The predicted molar refractivity (Wildman–Crippen MR) is 76.5 cm³/mol. The van der Waals surface area contributed by atoms with Gasteiger partial charge in [-0.05, 0) is 24.6 Å². The Morgan fingerprint density at radius 2 is 2.17 bits per heavy atom. The number of nitrogens with one attached hydrogen (secondary N) is 1. The highest BCUT2D eigenvalue weighted by atomic mass is 79.9. The van der Waals surface area contributed by atoms with Crippen molar-refractivity contribution in [3.05, 3.63) is 45.4 Å². The Kier molecular flexibility index (Phi) is 4.22. The van der Waals surface area contributed by atoms with Crippen LogP contribution < -0.4 is 5.32 Å². The van der Waals surface area contributed by atoms with E-state index < -0.39 is 0 Å². The molecule has 0 fully saturated rings. The molecule has 4 nitrogen and oxygen atoms in total. The monoisotopic (exact) mass is 323 g/mol. The summed E-state index contributed by atoms with van der Waals surface area (Å²) < 4.78 is 0.945. The second kappa shape index (κ2) is 5.88. The van der Waals surface area contributed by atoms with E-state index in [1.165, 1.54) is 17.4 Å². The molecule has 1 aromatic carbocycles. The first-order chi connectivity index (χ1) is 8.65. The van der Waals surface area contributed by atoms with Crippen LogP contribution >= 0.6 is 27.3 Å². The van der Waals surface area contributed by atoms with Gasteiger partial charge in [-0.15, -0.1) is 10.2 Å². The number of benzene rings is 1. The van der Waals surface area contributed by atoms with Gasteiger partial charge in [0.25, 0.3) is 0 Å². The zero-order valence-electron chi connectivity index (χ0n) is 9.55. The predicted octanol–water partition coefficient (Wildman–Crippen LogP) is 3.26. The molecule has 0 radical (unpaired) electrons. The highest BCUT2D eigenvalue weighted by Gasteiger charge is 2.03. The SMILES string of the molecule is Cc1nnc(NC(=O)/C=C/c2ccccc2Br)s1. The fourth-order valence-electron chi connectivity index (χ4n) is 1.27. The smallest absolute Gasteiger partial charge is 0.250 e. The molecule has 92 valence electrons. The van der Waals surface area contributed by atoms with Gasteiger partial charge in [0.1, 0.15) is 5.01 Å². The van der Waals surface area contributed by atoms with Gasteiger partial charge < -0.3 is 0 Å². The van der Waals surface area contributed by atoms with E-state index in [9.17, 15) is 4.79 Å². The summed E-state index contributed by atoms with van der Waals surface area (Å²) in [4.78, 5) is 11.6. The molecule has 2 aromatic rings. The average molecular weight is 324 g/mol. The lowest BCUT2D eigenvalue weighted by atomic mass is 10.2. The maximum Gasteiger partial charge on any atom is 0.250 e. The molecule has 0 spiro atoms. The van der Waals surface area contributed by atoms with E-state index in [2.05, 4.69) is 31.4 Å². The van der Waals surface area contributed by atoms with E-state index in [0.29, 0.717) is 5.13 Å². The van der Waals surface area contributed by atoms with E-state index in [4.69, 9.17) is 0 Å². The van der Waals surface area contributed by atoms with Gasteiger partial charge in [-0.3, -0.25) is 10.1 Å². The van der Waals surface area contributed by atoms with Crippen molar-refractivity contribution in [2.45, 2.75) is 6.92 Å². The summed E-state index contributed by atoms with van der Waals surface area (Å²) in [5.41, 5.74) is 0.945. The number of hydrogen-bond acceptors (Lipinski definition) is 4. The van der Waals surface area contributed by atoms with Crippen LogP contribution in [-0.4, -0.2) is 16.1 Å². The first-order valence-electron chi connectivity index (χ1n) is 5.19. The maximum atomic E-state index is 11.6. The minimum atomic E-state index is -0.220. The molecule has 0 aliphatic carbocycles. The van der Waals surface area contributed by atoms with Gasteiger partial charge in [0.05, 0.1) is 0 Å². The zero-order valence-corrected chi connectivity index (χ0v) is 12.0. The van der Waals surface area contributed by atoms with Crippen LogP contribution in [-0.2, 0) is 4.79 Å². The molecular weight excluding hydrogens is 314 g/mol. The summed E-state index contributed by atoms with van der Waals surface area (Å²) in [6.07, 6.45) is 3.21.